The molecule has 0 amide bonds. The third kappa shape index (κ3) is 10.3. The molecule has 0 saturated heterocycles. The summed E-state index contributed by atoms with van der Waals surface area (Å²) in [6, 6.07) is 8.35. The van der Waals surface area contributed by atoms with Crippen molar-refractivity contribution in [3.05, 3.63) is 29.8 Å². The van der Waals surface area contributed by atoms with Crippen molar-refractivity contribution in [2.45, 2.75) is 26.7 Å². The van der Waals surface area contributed by atoms with Gasteiger partial charge in [-0.15, -0.1) is 0 Å². The Morgan fingerprint density at radius 3 is 2.00 bits per heavy atom. The highest BCUT2D eigenvalue weighted by Crippen LogP contribution is 2.07. The summed E-state index contributed by atoms with van der Waals surface area (Å²) in [6.45, 7) is 9.15. The fourth-order valence-corrected chi connectivity index (χ4v) is 1.73. The summed E-state index contributed by atoms with van der Waals surface area (Å²) in [6.07, 6.45) is 2.29. The second-order valence-electron chi connectivity index (χ2n) is 4.98. The smallest absolute Gasteiger partial charge is 0.0701 e. The Kier molecular flexibility index (Phi) is 10.8. The molecule has 0 aliphatic heterocycles. The Morgan fingerprint density at radius 1 is 0.810 bits per heavy atom. The largest absolute Gasteiger partial charge is 0.383 e. The van der Waals surface area contributed by atoms with Crippen molar-refractivity contribution < 1.29 is 14.2 Å². The quantitative estimate of drug-likeness (QED) is 0.567. The number of nitrogens with one attached hydrogen (secondary N) is 1. The van der Waals surface area contributed by atoms with Gasteiger partial charge in [-0.05, 0) is 25.5 Å². The van der Waals surface area contributed by atoms with Crippen molar-refractivity contribution in [2.24, 2.45) is 0 Å². The van der Waals surface area contributed by atoms with Crippen LogP contribution in [0.25, 0.3) is 0 Å². The van der Waals surface area contributed by atoms with Crippen LogP contribution in [0.3, 0.4) is 0 Å². The van der Waals surface area contributed by atoms with Gasteiger partial charge in [0, 0.05) is 18.8 Å². The molecule has 0 saturated carbocycles. The Bertz CT molecular complexity index is 340. The maximum Gasteiger partial charge on any atom is 0.0701 e. The maximum absolute atomic E-state index is 5.50. The van der Waals surface area contributed by atoms with Gasteiger partial charge < -0.3 is 19.5 Å². The van der Waals surface area contributed by atoms with Gasteiger partial charge in [0.2, 0.25) is 0 Å². The number of hydrogen-bond acceptors (Lipinski definition) is 4. The van der Waals surface area contributed by atoms with E-state index in [2.05, 4.69) is 43.4 Å². The highest BCUT2D eigenvalue weighted by atomic mass is 16.5. The SMILES string of the molecule is CCCCOCCOCCOCCNc1ccc(C)cc1. The predicted molar refractivity (Wildman–Crippen MR) is 87.0 cm³/mol. The molecule has 0 spiro atoms. The van der Waals surface area contributed by atoms with Crippen molar-refractivity contribution >= 4 is 5.69 Å². The van der Waals surface area contributed by atoms with Gasteiger partial charge in [-0.2, -0.15) is 0 Å². The van der Waals surface area contributed by atoms with E-state index in [-0.39, 0.29) is 0 Å². The zero-order valence-corrected chi connectivity index (χ0v) is 13.4. The number of rotatable bonds is 13. The third-order valence-electron chi connectivity index (χ3n) is 3.01. The zero-order valence-electron chi connectivity index (χ0n) is 13.4. The second-order valence-corrected chi connectivity index (χ2v) is 4.98. The molecule has 0 fully saturated rings. The lowest BCUT2D eigenvalue weighted by Crippen LogP contribution is -2.14. The molecule has 4 nitrogen and oxygen atoms in total. The van der Waals surface area contributed by atoms with E-state index in [1.54, 1.807) is 0 Å². The van der Waals surface area contributed by atoms with Crippen LogP contribution < -0.4 is 5.32 Å². The molecule has 0 heterocycles. The minimum absolute atomic E-state index is 0.627. The van der Waals surface area contributed by atoms with Gasteiger partial charge in [-0.1, -0.05) is 31.0 Å². The summed E-state index contributed by atoms with van der Waals surface area (Å²) in [5, 5.41) is 3.32. The normalized spacial score (nSPS) is 10.8. The van der Waals surface area contributed by atoms with Crippen molar-refractivity contribution in [2.75, 3.05) is 51.5 Å². The predicted octanol–water partition coefficient (Wildman–Crippen LogP) is 3.26. The first kappa shape index (κ1) is 18.0. The lowest BCUT2D eigenvalue weighted by molar-refractivity contribution is 0.0159. The van der Waals surface area contributed by atoms with Crippen molar-refractivity contribution in [3.63, 3.8) is 0 Å². The van der Waals surface area contributed by atoms with Crippen molar-refractivity contribution in [3.8, 4) is 0 Å². The molecule has 0 aromatic heterocycles. The average Bonchev–Trinajstić information content (AvgIpc) is 2.50. The molecule has 0 atom stereocenters. The van der Waals surface area contributed by atoms with Crippen LogP contribution in [0.1, 0.15) is 25.3 Å². The second kappa shape index (κ2) is 12.6. The Labute approximate surface area is 128 Å². The van der Waals surface area contributed by atoms with Gasteiger partial charge in [0.05, 0.1) is 33.0 Å². The Balaban J connectivity index is 1.81. The fourth-order valence-electron chi connectivity index (χ4n) is 1.73. The first-order valence-electron chi connectivity index (χ1n) is 7.86. The molecule has 0 unspecified atom stereocenters. The molecular weight excluding hydrogens is 266 g/mol. The molecule has 0 bridgehead atoms. The van der Waals surface area contributed by atoms with Crippen LogP contribution >= 0.6 is 0 Å². The number of ether oxygens (including phenoxy) is 3. The zero-order chi connectivity index (χ0) is 15.2. The summed E-state index contributed by atoms with van der Waals surface area (Å²) in [4.78, 5) is 0. The lowest BCUT2D eigenvalue weighted by atomic mass is 10.2. The van der Waals surface area contributed by atoms with Gasteiger partial charge in [0.15, 0.2) is 0 Å². The topological polar surface area (TPSA) is 39.7 Å². The van der Waals surface area contributed by atoms with Crippen LogP contribution in [-0.2, 0) is 14.2 Å². The summed E-state index contributed by atoms with van der Waals surface area (Å²) >= 11 is 0. The molecule has 21 heavy (non-hydrogen) atoms. The highest BCUT2D eigenvalue weighted by Gasteiger charge is 1.93. The third-order valence-corrected chi connectivity index (χ3v) is 3.01. The van der Waals surface area contributed by atoms with E-state index >= 15 is 0 Å². The van der Waals surface area contributed by atoms with Crippen LogP contribution in [0.15, 0.2) is 24.3 Å². The number of anilines is 1. The van der Waals surface area contributed by atoms with E-state index in [1.807, 2.05) is 0 Å². The highest BCUT2D eigenvalue weighted by molar-refractivity contribution is 5.44. The van der Waals surface area contributed by atoms with Gasteiger partial charge >= 0.3 is 0 Å². The number of hydrogen-bond donors (Lipinski definition) is 1. The summed E-state index contributed by atoms with van der Waals surface area (Å²) in [5.74, 6) is 0. The first-order chi connectivity index (χ1) is 10.3. The van der Waals surface area contributed by atoms with Gasteiger partial charge in [-0.25, -0.2) is 0 Å². The molecule has 1 aromatic rings. The summed E-state index contributed by atoms with van der Waals surface area (Å²) in [7, 11) is 0. The fraction of sp³-hybridized carbons (Fsp3) is 0.647. The van der Waals surface area contributed by atoms with E-state index in [9.17, 15) is 0 Å². The standard InChI is InChI=1S/C17H29NO3/c1-3-4-10-19-12-14-21-15-13-20-11-9-18-17-7-5-16(2)6-8-17/h5-8,18H,3-4,9-15H2,1-2H3. The van der Waals surface area contributed by atoms with Crippen molar-refractivity contribution in [1.82, 2.24) is 0 Å². The van der Waals surface area contributed by atoms with E-state index in [0.29, 0.717) is 33.0 Å². The summed E-state index contributed by atoms with van der Waals surface area (Å²) in [5.41, 5.74) is 2.40. The van der Waals surface area contributed by atoms with Crippen LogP contribution in [-0.4, -0.2) is 46.2 Å². The Morgan fingerprint density at radius 2 is 1.38 bits per heavy atom. The molecule has 1 N–H and O–H groups in total. The number of benzene rings is 1. The van der Waals surface area contributed by atoms with Crippen molar-refractivity contribution in [1.29, 1.82) is 0 Å². The average molecular weight is 295 g/mol. The minimum Gasteiger partial charge on any atom is -0.383 e. The van der Waals surface area contributed by atoms with E-state index in [0.717, 1.165) is 25.3 Å². The molecule has 0 radical (unpaired) electrons. The molecule has 4 heteroatoms. The van der Waals surface area contributed by atoms with Crippen LogP contribution in [0.4, 0.5) is 5.69 Å². The molecule has 0 aliphatic rings. The molecule has 120 valence electrons. The minimum atomic E-state index is 0.627. The van der Waals surface area contributed by atoms with E-state index in [1.165, 1.54) is 12.0 Å². The van der Waals surface area contributed by atoms with Gasteiger partial charge in [0.25, 0.3) is 0 Å². The van der Waals surface area contributed by atoms with E-state index < -0.39 is 0 Å². The van der Waals surface area contributed by atoms with E-state index in [4.69, 9.17) is 14.2 Å². The first-order valence-corrected chi connectivity index (χ1v) is 7.86. The lowest BCUT2D eigenvalue weighted by Gasteiger charge is -2.08. The van der Waals surface area contributed by atoms with Gasteiger partial charge in [-0.3, -0.25) is 0 Å². The molecule has 1 rings (SSSR count). The van der Waals surface area contributed by atoms with Crippen LogP contribution in [0.5, 0.6) is 0 Å². The monoisotopic (exact) mass is 295 g/mol. The molecule has 1 aromatic carbocycles. The Hall–Kier alpha value is -1.10. The number of aryl methyl sites for hydroxylation is 1. The maximum atomic E-state index is 5.50. The summed E-state index contributed by atoms with van der Waals surface area (Å²) < 4.78 is 16.3. The van der Waals surface area contributed by atoms with Gasteiger partial charge in [0.1, 0.15) is 0 Å². The molecule has 0 aliphatic carbocycles. The van der Waals surface area contributed by atoms with Crippen LogP contribution in [0, 0.1) is 6.92 Å². The number of unbranched alkanes of at least 4 members (excludes halogenated alkanes) is 1. The molecular formula is C17H29NO3. The van der Waals surface area contributed by atoms with Crippen LogP contribution in [0.2, 0.25) is 0 Å².